The van der Waals surface area contributed by atoms with Gasteiger partial charge in [0.05, 0.1) is 5.60 Å². The van der Waals surface area contributed by atoms with Gasteiger partial charge in [0.2, 0.25) is 0 Å². The van der Waals surface area contributed by atoms with E-state index in [2.05, 4.69) is 25.7 Å². The molecule has 1 saturated heterocycles. The SMILES string of the molecule is CC(C)N1CC[C@H](C)[C@](C)(O)CC1. The van der Waals surface area contributed by atoms with Crippen molar-refractivity contribution in [3.05, 3.63) is 0 Å². The fourth-order valence-electron chi connectivity index (χ4n) is 1.91. The topological polar surface area (TPSA) is 23.5 Å². The van der Waals surface area contributed by atoms with Gasteiger partial charge in [0, 0.05) is 12.6 Å². The van der Waals surface area contributed by atoms with Crippen LogP contribution < -0.4 is 0 Å². The number of aliphatic hydroxyl groups is 1. The summed E-state index contributed by atoms with van der Waals surface area (Å²) in [4.78, 5) is 2.46. The third-order valence-electron chi connectivity index (χ3n) is 3.55. The van der Waals surface area contributed by atoms with E-state index in [0.717, 1.165) is 25.9 Å². The summed E-state index contributed by atoms with van der Waals surface area (Å²) in [6, 6.07) is 0.612. The van der Waals surface area contributed by atoms with Crippen molar-refractivity contribution >= 4 is 0 Å². The lowest BCUT2D eigenvalue weighted by Gasteiger charge is -2.27. The van der Waals surface area contributed by atoms with Gasteiger partial charge in [0.15, 0.2) is 0 Å². The average molecular weight is 185 g/mol. The minimum Gasteiger partial charge on any atom is -0.390 e. The van der Waals surface area contributed by atoms with E-state index in [-0.39, 0.29) is 0 Å². The first-order chi connectivity index (χ1) is 5.93. The molecule has 0 aromatic rings. The number of likely N-dealkylation sites (tertiary alicyclic amines) is 1. The first kappa shape index (κ1) is 11.0. The number of hydrogen-bond donors (Lipinski definition) is 1. The van der Waals surface area contributed by atoms with Crippen LogP contribution in [-0.4, -0.2) is 34.7 Å². The first-order valence-electron chi connectivity index (χ1n) is 5.40. The highest BCUT2D eigenvalue weighted by molar-refractivity contribution is 4.85. The summed E-state index contributed by atoms with van der Waals surface area (Å²) < 4.78 is 0. The molecule has 0 unspecified atom stereocenters. The van der Waals surface area contributed by atoms with Crippen molar-refractivity contribution in [2.24, 2.45) is 5.92 Å². The van der Waals surface area contributed by atoms with Crippen molar-refractivity contribution in [3.63, 3.8) is 0 Å². The van der Waals surface area contributed by atoms with Gasteiger partial charge in [-0.3, -0.25) is 0 Å². The monoisotopic (exact) mass is 185 g/mol. The van der Waals surface area contributed by atoms with E-state index in [1.165, 1.54) is 0 Å². The third-order valence-corrected chi connectivity index (χ3v) is 3.55. The zero-order valence-electron chi connectivity index (χ0n) is 9.38. The maximum Gasteiger partial charge on any atom is 0.0657 e. The second-order valence-corrected chi connectivity index (χ2v) is 4.93. The fourth-order valence-corrected chi connectivity index (χ4v) is 1.91. The molecule has 0 radical (unpaired) electrons. The molecule has 0 amide bonds. The van der Waals surface area contributed by atoms with Gasteiger partial charge in [-0.25, -0.2) is 0 Å². The summed E-state index contributed by atoms with van der Waals surface area (Å²) in [5.74, 6) is 0.427. The standard InChI is InChI=1S/C11H23NO/c1-9(2)12-7-5-10(3)11(4,13)6-8-12/h9-10,13H,5-8H2,1-4H3/t10-,11+/m0/s1. The molecule has 1 aliphatic heterocycles. The number of rotatable bonds is 1. The van der Waals surface area contributed by atoms with Crippen LogP contribution in [0.5, 0.6) is 0 Å². The van der Waals surface area contributed by atoms with Gasteiger partial charge in [-0.2, -0.15) is 0 Å². The van der Waals surface area contributed by atoms with Crippen molar-refractivity contribution in [2.45, 2.75) is 52.2 Å². The summed E-state index contributed by atoms with van der Waals surface area (Å²) in [5, 5.41) is 10.1. The Morgan fingerprint density at radius 3 is 2.54 bits per heavy atom. The van der Waals surface area contributed by atoms with Crippen LogP contribution >= 0.6 is 0 Å². The average Bonchev–Trinajstić information content (AvgIpc) is 2.13. The Bertz CT molecular complexity index is 165. The van der Waals surface area contributed by atoms with E-state index in [0.29, 0.717) is 12.0 Å². The molecule has 0 aromatic heterocycles. The van der Waals surface area contributed by atoms with Crippen molar-refractivity contribution < 1.29 is 5.11 Å². The second kappa shape index (κ2) is 3.97. The van der Waals surface area contributed by atoms with Crippen molar-refractivity contribution in [1.82, 2.24) is 4.90 Å². The Balaban J connectivity index is 2.57. The van der Waals surface area contributed by atoms with E-state index >= 15 is 0 Å². The Labute approximate surface area is 81.9 Å². The summed E-state index contributed by atoms with van der Waals surface area (Å²) in [6.45, 7) is 10.8. The summed E-state index contributed by atoms with van der Waals surface area (Å²) in [5.41, 5.74) is -0.455. The Morgan fingerprint density at radius 2 is 2.00 bits per heavy atom. The molecule has 0 aliphatic carbocycles. The molecule has 2 heteroatoms. The van der Waals surface area contributed by atoms with Gasteiger partial charge in [-0.15, -0.1) is 0 Å². The molecule has 0 saturated carbocycles. The molecule has 13 heavy (non-hydrogen) atoms. The normalized spacial score (nSPS) is 37.8. The van der Waals surface area contributed by atoms with Crippen LogP contribution in [0.1, 0.15) is 40.5 Å². The minimum absolute atomic E-state index is 0.427. The minimum atomic E-state index is -0.455. The number of nitrogens with zero attached hydrogens (tertiary/aromatic N) is 1. The Hall–Kier alpha value is -0.0800. The largest absolute Gasteiger partial charge is 0.390 e. The van der Waals surface area contributed by atoms with Crippen LogP contribution in [0.15, 0.2) is 0 Å². The van der Waals surface area contributed by atoms with Crippen LogP contribution in [0.2, 0.25) is 0 Å². The molecule has 1 N–H and O–H groups in total. The summed E-state index contributed by atoms with van der Waals surface area (Å²) in [7, 11) is 0. The van der Waals surface area contributed by atoms with Gasteiger partial charge in [-0.05, 0) is 46.1 Å². The molecule has 78 valence electrons. The quantitative estimate of drug-likeness (QED) is 0.674. The smallest absolute Gasteiger partial charge is 0.0657 e. The molecular formula is C11H23NO. The second-order valence-electron chi connectivity index (χ2n) is 4.93. The molecule has 2 nitrogen and oxygen atoms in total. The predicted octanol–water partition coefficient (Wildman–Crippen LogP) is 1.88. The maximum absolute atomic E-state index is 10.1. The molecular weight excluding hydrogens is 162 g/mol. The predicted molar refractivity (Wildman–Crippen MR) is 55.7 cm³/mol. The molecule has 0 aromatic carbocycles. The highest BCUT2D eigenvalue weighted by Gasteiger charge is 2.32. The fraction of sp³-hybridized carbons (Fsp3) is 1.00. The highest BCUT2D eigenvalue weighted by atomic mass is 16.3. The van der Waals surface area contributed by atoms with Gasteiger partial charge >= 0.3 is 0 Å². The first-order valence-corrected chi connectivity index (χ1v) is 5.40. The molecule has 1 aliphatic rings. The van der Waals surface area contributed by atoms with E-state index in [1.807, 2.05) is 6.92 Å². The molecule has 1 heterocycles. The Kier molecular flexibility index (Phi) is 3.36. The highest BCUT2D eigenvalue weighted by Crippen LogP contribution is 2.28. The van der Waals surface area contributed by atoms with Gasteiger partial charge in [-0.1, -0.05) is 6.92 Å². The van der Waals surface area contributed by atoms with Crippen molar-refractivity contribution in [2.75, 3.05) is 13.1 Å². The van der Waals surface area contributed by atoms with Gasteiger partial charge in [0.1, 0.15) is 0 Å². The van der Waals surface area contributed by atoms with Crippen LogP contribution in [0.25, 0.3) is 0 Å². The molecule has 0 bridgehead atoms. The van der Waals surface area contributed by atoms with Crippen LogP contribution in [0.4, 0.5) is 0 Å². The lowest BCUT2D eigenvalue weighted by atomic mass is 9.87. The lowest BCUT2D eigenvalue weighted by molar-refractivity contribution is 0.00221. The number of hydrogen-bond acceptors (Lipinski definition) is 2. The molecule has 2 atom stereocenters. The molecule has 1 rings (SSSR count). The summed E-state index contributed by atoms with van der Waals surface area (Å²) in [6.07, 6.45) is 2.03. The molecule has 1 fully saturated rings. The third kappa shape index (κ3) is 2.68. The summed E-state index contributed by atoms with van der Waals surface area (Å²) >= 11 is 0. The van der Waals surface area contributed by atoms with Crippen molar-refractivity contribution in [1.29, 1.82) is 0 Å². The van der Waals surface area contributed by atoms with Gasteiger partial charge < -0.3 is 10.0 Å². The molecule has 0 spiro atoms. The van der Waals surface area contributed by atoms with Crippen LogP contribution in [-0.2, 0) is 0 Å². The van der Waals surface area contributed by atoms with E-state index < -0.39 is 5.60 Å². The zero-order valence-corrected chi connectivity index (χ0v) is 9.38. The van der Waals surface area contributed by atoms with Gasteiger partial charge in [0.25, 0.3) is 0 Å². The van der Waals surface area contributed by atoms with E-state index in [1.54, 1.807) is 0 Å². The zero-order chi connectivity index (χ0) is 10.1. The maximum atomic E-state index is 10.1. The van der Waals surface area contributed by atoms with Crippen LogP contribution in [0, 0.1) is 5.92 Å². The Morgan fingerprint density at radius 1 is 1.38 bits per heavy atom. The lowest BCUT2D eigenvalue weighted by Crippen LogP contribution is -2.34. The van der Waals surface area contributed by atoms with E-state index in [4.69, 9.17) is 0 Å². The van der Waals surface area contributed by atoms with E-state index in [9.17, 15) is 5.11 Å². The van der Waals surface area contributed by atoms with Crippen LogP contribution in [0.3, 0.4) is 0 Å². The van der Waals surface area contributed by atoms with Crippen molar-refractivity contribution in [3.8, 4) is 0 Å².